The van der Waals surface area contributed by atoms with Crippen LogP contribution < -0.4 is 10.3 Å². The summed E-state index contributed by atoms with van der Waals surface area (Å²) in [5.74, 6) is 0.00111. The minimum Gasteiger partial charge on any atom is -0.325 e. The average molecular weight is 398 g/mol. The average Bonchev–Trinajstić information content (AvgIpc) is 3.12. The molecule has 0 aliphatic rings. The smallest absolute Gasteiger partial charge is 0.231 e. The van der Waals surface area contributed by atoms with Crippen LogP contribution in [0.4, 0.5) is 0 Å². The molecule has 0 aliphatic heterocycles. The summed E-state index contributed by atoms with van der Waals surface area (Å²) in [5.41, 5.74) is 11.9. The van der Waals surface area contributed by atoms with Crippen LogP contribution in [0, 0.1) is 6.92 Å². The molecule has 5 nitrogen and oxygen atoms in total. The van der Waals surface area contributed by atoms with Gasteiger partial charge >= 0.3 is 0 Å². The van der Waals surface area contributed by atoms with Crippen molar-refractivity contribution in [1.29, 1.82) is 0 Å². The Balaban J connectivity index is 1.75. The van der Waals surface area contributed by atoms with E-state index >= 15 is 0 Å². The van der Waals surface area contributed by atoms with Crippen LogP contribution in [0.5, 0.6) is 0 Å². The number of nitrogens with two attached hydrogens (primary N) is 1. The fraction of sp³-hybridized carbons (Fsp3) is 0.160. The van der Waals surface area contributed by atoms with E-state index in [1.54, 1.807) is 11.5 Å². The van der Waals surface area contributed by atoms with Crippen molar-refractivity contribution in [3.05, 3.63) is 83.8 Å². The van der Waals surface area contributed by atoms with Crippen molar-refractivity contribution in [3.8, 4) is 11.4 Å². The number of rotatable bonds is 5. The van der Waals surface area contributed by atoms with Crippen molar-refractivity contribution in [2.45, 2.75) is 20.4 Å². The van der Waals surface area contributed by atoms with Gasteiger partial charge in [0.05, 0.1) is 12.1 Å². The number of pyridine rings is 2. The van der Waals surface area contributed by atoms with E-state index in [4.69, 9.17) is 5.73 Å². The highest BCUT2D eigenvalue weighted by molar-refractivity contribution is 5.98. The first kappa shape index (κ1) is 19.7. The van der Waals surface area contributed by atoms with Crippen LogP contribution in [0.3, 0.4) is 0 Å². The third kappa shape index (κ3) is 3.93. The molecule has 0 aliphatic carbocycles. The number of carbonyl (C=O) groups is 1. The molecule has 3 aromatic heterocycles. The maximum absolute atomic E-state index is 12.0. The van der Waals surface area contributed by atoms with Gasteiger partial charge in [-0.15, -0.1) is 0 Å². The van der Waals surface area contributed by atoms with Gasteiger partial charge in [-0.2, -0.15) is 4.57 Å². The van der Waals surface area contributed by atoms with Gasteiger partial charge in [-0.1, -0.05) is 30.4 Å². The number of nitrogens with zero attached hydrogens (tertiary/aromatic N) is 3. The number of para-hydroxylation sites is 1. The molecule has 30 heavy (non-hydrogen) atoms. The van der Waals surface area contributed by atoms with E-state index in [-0.39, 0.29) is 5.91 Å². The van der Waals surface area contributed by atoms with E-state index in [9.17, 15) is 4.79 Å². The molecule has 0 radical (unpaired) electrons. The minimum absolute atomic E-state index is 0.00111. The van der Waals surface area contributed by atoms with Crippen LogP contribution in [-0.4, -0.2) is 22.0 Å². The van der Waals surface area contributed by atoms with Gasteiger partial charge in [-0.25, -0.2) is 4.98 Å². The molecule has 4 aromatic rings. The van der Waals surface area contributed by atoms with Crippen LogP contribution in [0.1, 0.15) is 28.4 Å². The zero-order valence-electron chi connectivity index (χ0n) is 17.2. The molecule has 0 bridgehead atoms. The molecule has 0 amide bonds. The number of carbonyl (C=O) groups excluding carboxylic acids is 1. The Morgan fingerprint density at radius 1 is 1.17 bits per heavy atom. The third-order valence-electron chi connectivity index (χ3n) is 5.14. The van der Waals surface area contributed by atoms with Crippen molar-refractivity contribution in [1.82, 2.24) is 9.55 Å². The predicted molar refractivity (Wildman–Crippen MR) is 121 cm³/mol. The summed E-state index contributed by atoms with van der Waals surface area (Å²) in [6.07, 6.45) is 9.89. The molecule has 3 heterocycles. The summed E-state index contributed by atoms with van der Waals surface area (Å²) >= 11 is 0. The summed E-state index contributed by atoms with van der Waals surface area (Å²) in [5, 5.41) is 1.05. The minimum atomic E-state index is 0.00111. The lowest BCUT2D eigenvalue weighted by molar-refractivity contribution is -0.683. The van der Waals surface area contributed by atoms with E-state index in [0.717, 1.165) is 45.5 Å². The van der Waals surface area contributed by atoms with Gasteiger partial charge in [-0.3, -0.25) is 9.36 Å². The first-order valence-electron chi connectivity index (χ1n) is 10.0. The second-order valence-corrected chi connectivity index (χ2v) is 7.37. The fourth-order valence-corrected chi connectivity index (χ4v) is 3.67. The van der Waals surface area contributed by atoms with Gasteiger partial charge < -0.3 is 5.73 Å². The molecule has 4 rings (SSSR count). The molecular formula is C25H25N4O+. The van der Waals surface area contributed by atoms with E-state index < -0.39 is 0 Å². The lowest BCUT2D eigenvalue weighted by Gasteiger charge is -2.05. The van der Waals surface area contributed by atoms with Crippen LogP contribution in [0.2, 0.25) is 0 Å². The second-order valence-electron chi connectivity index (χ2n) is 7.37. The standard InChI is InChI=1S/C25H25N4O/c1-18-9-12-27-23(15-18)25-16-20(10-13-28(25)14-11-26)7-8-21-17-29(19(2)30)24-6-4-3-5-22(21)24/h3-10,12-13,15-17H,11,14,26H2,1-2H3/q+1. The van der Waals surface area contributed by atoms with Gasteiger partial charge in [0.1, 0.15) is 5.69 Å². The SMILES string of the molecule is CC(=O)n1cc(/C=C/c2cc[n+](CCN)c(-c3cc(C)ccn3)c2)c2ccccc21. The summed E-state index contributed by atoms with van der Waals surface area (Å²) in [6, 6.07) is 16.2. The number of aromatic nitrogens is 3. The molecule has 0 saturated heterocycles. The molecule has 5 heteroatoms. The quantitative estimate of drug-likeness (QED) is 0.516. The van der Waals surface area contributed by atoms with E-state index in [2.05, 4.69) is 46.8 Å². The van der Waals surface area contributed by atoms with Crippen molar-refractivity contribution >= 4 is 29.0 Å². The van der Waals surface area contributed by atoms with Crippen LogP contribution >= 0.6 is 0 Å². The van der Waals surface area contributed by atoms with Crippen molar-refractivity contribution in [3.63, 3.8) is 0 Å². The highest BCUT2D eigenvalue weighted by atomic mass is 16.1. The normalized spacial score (nSPS) is 11.4. The predicted octanol–water partition coefficient (Wildman–Crippen LogP) is 4.09. The number of aryl methyl sites for hydroxylation is 1. The Hall–Kier alpha value is -3.57. The molecule has 0 fully saturated rings. The van der Waals surface area contributed by atoms with E-state index in [0.29, 0.717) is 6.54 Å². The lowest BCUT2D eigenvalue weighted by atomic mass is 10.1. The van der Waals surface area contributed by atoms with E-state index in [1.807, 2.05) is 48.9 Å². The number of hydrogen-bond acceptors (Lipinski definition) is 3. The van der Waals surface area contributed by atoms with Crippen LogP contribution in [-0.2, 0) is 6.54 Å². The third-order valence-corrected chi connectivity index (χ3v) is 5.14. The summed E-state index contributed by atoms with van der Waals surface area (Å²) in [4.78, 5) is 16.5. The maximum atomic E-state index is 12.0. The Kier molecular flexibility index (Phi) is 5.55. The topological polar surface area (TPSA) is 64.8 Å². The Labute approximate surface area is 176 Å². The number of hydrogen-bond donors (Lipinski definition) is 1. The molecule has 0 saturated carbocycles. The second kappa shape index (κ2) is 8.43. The Morgan fingerprint density at radius 2 is 2.00 bits per heavy atom. The Bertz CT molecular complexity index is 1250. The van der Waals surface area contributed by atoms with E-state index in [1.165, 1.54) is 0 Å². The summed E-state index contributed by atoms with van der Waals surface area (Å²) in [6.45, 7) is 4.92. The molecule has 0 atom stereocenters. The highest BCUT2D eigenvalue weighted by Crippen LogP contribution is 2.24. The van der Waals surface area contributed by atoms with Crippen LogP contribution in [0.25, 0.3) is 34.4 Å². The monoisotopic (exact) mass is 397 g/mol. The molecule has 150 valence electrons. The highest BCUT2D eigenvalue weighted by Gasteiger charge is 2.15. The lowest BCUT2D eigenvalue weighted by Crippen LogP contribution is -2.39. The van der Waals surface area contributed by atoms with Gasteiger partial charge in [0.25, 0.3) is 0 Å². The number of benzene rings is 1. The van der Waals surface area contributed by atoms with Gasteiger partial charge in [0.2, 0.25) is 11.6 Å². The summed E-state index contributed by atoms with van der Waals surface area (Å²) in [7, 11) is 0. The first-order chi connectivity index (χ1) is 14.6. The van der Waals surface area contributed by atoms with Crippen LogP contribution in [0.15, 0.2) is 67.1 Å². The van der Waals surface area contributed by atoms with Gasteiger partial charge in [0, 0.05) is 42.4 Å². The molecular weight excluding hydrogens is 372 g/mol. The number of fused-ring (bicyclic) bond motifs is 1. The first-order valence-corrected chi connectivity index (χ1v) is 10.0. The summed E-state index contributed by atoms with van der Waals surface area (Å²) < 4.78 is 3.82. The van der Waals surface area contributed by atoms with Crippen molar-refractivity contribution in [2.24, 2.45) is 5.73 Å². The van der Waals surface area contributed by atoms with Crippen molar-refractivity contribution in [2.75, 3.05) is 6.54 Å². The molecule has 2 N–H and O–H groups in total. The molecule has 0 spiro atoms. The zero-order valence-corrected chi connectivity index (χ0v) is 17.2. The zero-order chi connectivity index (χ0) is 21.1. The van der Waals surface area contributed by atoms with Gasteiger partial charge in [-0.05, 0) is 36.2 Å². The maximum Gasteiger partial charge on any atom is 0.231 e. The van der Waals surface area contributed by atoms with Gasteiger partial charge in [0.15, 0.2) is 12.7 Å². The largest absolute Gasteiger partial charge is 0.325 e. The molecule has 0 unspecified atom stereocenters. The molecule has 1 aromatic carbocycles. The van der Waals surface area contributed by atoms with Crippen molar-refractivity contribution < 1.29 is 9.36 Å². The Morgan fingerprint density at radius 3 is 2.77 bits per heavy atom. The fourth-order valence-electron chi connectivity index (χ4n) is 3.67.